The van der Waals surface area contributed by atoms with Gasteiger partial charge >= 0.3 is 5.97 Å². The third kappa shape index (κ3) is 2.77. The molecule has 1 amide bonds. The second kappa shape index (κ2) is 5.40. The molecule has 1 fully saturated rings. The van der Waals surface area contributed by atoms with Crippen molar-refractivity contribution in [2.75, 3.05) is 13.1 Å². The molecule has 1 heterocycles. The highest BCUT2D eigenvalue weighted by molar-refractivity contribution is 6.30. The zero-order valence-electron chi connectivity index (χ0n) is 11.0. The van der Waals surface area contributed by atoms with E-state index in [0.717, 1.165) is 6.07 Å². The number of benzene rings is 1. The van der Waals surface area contributed by atoms with Crippen LogP contribution in [0.3, 0.4) is 0 Å². The first-order valence-corrected chi connectivity index (χ1v) is 6.69. The topological polar surface area (TPSA) is 57.6 Å². The molecule has 0 aliphatic carbocycles. The molecule has 0 bridgehead atoms. The molecule has 4 nitrogen and oxygen atoms in total. The van der Waals surface area contributed by atoms with Gasteiger partial charge in [0.05, 0.1) is 10.4 Å². The van der Waals surface area contributed by atoms with Crippen molar-refractivity contribution < 1.29 is 19.1 Å². The third-order valence-corrected chi connectivity index (χ3v) is 3.97. The zero-order chi connectivity index (χ0) is 14.9. The van der Waals surface area contributed by atoms with E-state index in [2.05, 4.69) is 0 Å². The minimum Gasteiger partial charge on any atom is -0.481 e. The summed E-state index contributed by atoms with van der Waals surface area (Å²) >= 11 is 5.58. The van der Waals surface area contributed by atoms with Crippen molar-refractivity contribution in [3.05, 3.63) is 34.6 Å². The van der Waals surface area contributed by atoms with Gasteiger partial charge in [0.25, 0.3) is 5.91 Å². The SMILES string of the molecule is CC1(C(=O)O)CCCN(C(=O)c2ccc(Cl)c(F)c2)C1. The van der Waals surface area contributed by atoms with Crippen molar-refractivity contribution in [2.45, 2.75) is 19.8 Å². The summed E-state index contributed by atoms with van der Waals surface area (Å²) in [5.41, 5.74) is -0.764. The molecule has 0 aromatic heterocycles. The summed E-state index contributed by atoms with van der Waals surface area (Å²) in [4.78, 5) is 25.0. The number of carboxylic acid groups (broad SMARTS) is 1. The molecule has 6 heteroatoms. The van der Waals surface area contributed by atoms with E-state index in [-0.39, 0.29) is 23.0 Å². The number of hydrogen-bond acceptors (Lipinski definition) is 2. The Morgan fingerprint density at radius 1 is 1.45 bits per heavy atom. The molecule has 108 valence electrons. The Kier molecular flexibility index (Phi) is 3.99. The van der Waals surface area contributed by atoms with Crippen LogP contribution in [0.1, 0.15) is 30.1 Å². The van der Waals surface area contributed by atoms with E-state index >= 15 is 0 Å². The monoisotopic (exact) mass is 299 g/mol. The van der Waals surface area contributed by atoms with Crippen LogP contribution in [0, 0.1) is 11.2 Å². The number of amides is 1. The largest absolute Gasteiger partial charge is 0.481 e. The quantitative estimate of drug-likeness (QED) is 0.913. The number of nitrogens with zero attached hydrogens (tertiary/aromatic N) is 1. The number of aliphatic carboxylic acids is 1. The number of hydrogen-bond donors (Lipinski definition) is 1. The predicted molar refractivity (Wildman–Crippen MR) is 72.3 cm³/mol. The average Bonchev–Trinajstić information content (AvgIpc) is 2.41. The van der Waals surface area contributed by atoms with Crippen LogP contribution >= 0.6 is 11.6 Å². The number of piperidine rings is 1. The van der Waals surface area contributed by atoms with Gasteiger partial charge in [0.15, 0.2) is 0 Å². The van der Waals surface area contributed by atoms with Crippen LogP contribution in [0.2, 0.25) is 5.02 Å². The Morgan fingerprint density at radius 2 is 2.15 bits per heavy atom. The van der Waals surface area contributed by atoms with Gasteiger partial charge in [0, 0.05) is 18.7 Å². The molecular weight excluding hydrogens is 285 g/mol. The second-order valence-electron chi connectivity index (χ2n) is 5.32. The lowest BCUT2D eigenvalue weighted by molar-refractivity contribution is -0.150. The minimum atomic E-state index is -0.946. The van der Waals surface area contributed by atoms with Crippen LogP contribution in [0.25, 0.3) is 0 Å². The fourth-order valence-electron chi connectivity index (χ4n) is 2.40. The Balaban J connectivity index is 2.20. The maximum absolute atomic E-state index is 13.4. The Bertz CT molecular complexity index is 563. The highest BCUT2D eigenvalue weighted by Crippen LogP contribution is 2.30. The Hall–Kier alpha value is -1.62. The van der Waals surface area contributed by atoms with Crippen LogP contribution in [-0.2, 0) is 4.79 Å². The van der Waals surface area contributed by atoms with Crippen molar-refractivity contribution in [3.8, 4) is 0 Å². The molecular formula is C14H15ClFNO3. The third-order valence-electron chi connectivity index (χ3n) is 3.67. The molecule has 1 unspecified atom stereocenters. The summed E-state index contributed by atoms with van der Waals surface area (Å²) in [6, 6.07) is 3.85. The zero-order valence-corrected chi connectivity index (χ0v) is 11.8. The van der Waals surface area contributed by atoms with Crippen LogP contribution in [-0.4, -0.2) is 35.0 Å². The number of carbonyl (C=O) groups is 2. The first-order chi connectivity index (χ1) is 9.33. The van der Waals surface area contributed by atoms with Gasteiger partial charge in [0.2, 0.25) is 0 Å². The molecule has 1 N–H and O–H groups in total. The summed E-state index contributed by atoms with van der Waals surface area (Å²) in [5, 5.41) is 9.19. The minimum absolute atomic E-state index is 0.0458. The maximum Gasteiger partial charge on any atom is 0.311 e. The van der Waals surface area contributed by atoms with Gasteiger partial charge in [0.1, 0.15) is 5.82 Å². The van der Waals surface area contributed by atoms with Gasteiger partial charge in [-0.2, -0.15) is 0 Å². The fraction of sp³-hybridized carbons (Fsp3) is 0.429. The van der Waals surface area contributed by atoms with E-state index in [4.69, 9.17) is 11.6 Å². The number of halogens is 2. The molecule has 2 rings (SSSR count). The van der Waals surface area contributed by atoms with E-state index in [9.17, 15) is 19.1 Å². The van der Waals surface area contributed by atoms with Crippen LogP contribution in [0.15, 0.2) is 18.2 Å². The highest BCUT2D eigenvalue weighted by atomic mass is 35.5. The number of rotatable bonds is 2. The molecule has 0 saturated carbocycles. The summed E-state index contributed by atoms with van der Waals surface area (Å²) in [7, 11) is 0. The van der Waals surface area contributed by atoms with Gasteiger partial charge in [-0.25, -0.2) is 4.39 Å². The number of carbonyl (C=O) groups excluding carboxylic acids is 1. The first-order valence-electron chi connectivity index (χ1n) is 6.31. The molecule has 1 saturated heterocycles. The van der Waals surface area contributed by atoms with E-state index in [1.165, 1.54) is 17.0 Å². The van der Waals surface area contributed by atoms with Crippen LogP contribution in [0.4, 0.5) is 4.39 Å². The smallest absolute Gasteiger partial charge is 0.311 e. The lowest BCUT2D eigenvalue weighted by Crippen LogP contribution is -2.48. The first kappa shape index (κ1) is 14.8. The van der Waals surface area contributed by atoms with Crippen molar-refractivity contribution in [2.24, 2.45) is 5.41 Å². The van der Waals surface area contributed by atoms with Crippen molar-refractivity contribution in [1.29, 1.82) is 0 Å². The van der Waals surface area contributed by atoms with E-state index in [1.807, 2.05) is 0 Å². The number of carboxylic acids is 1. The van der Waals surface area contributed by atoms with E-state index < -0.39 is 17.2 Å². The van der Waals surface area contributed by atoms with Gasteiger partial charge in [-0.3, -0.25) is 9.59 Å². The van der Waals surface area contributed by atoms with Gasteiger partial charge < -0.3 is 10.0 Å². The lowest BCUT2D eigenvalue weighted by Gasteiger charge is -2.37. The molecule has 20 heavy (non-hydrogen) atoms. The number of likely N-dealkylation sites (tertiary alicyclic amines) is 1. The molecule has 0 spiro atoms. The van der Waals surface area contributed by atoms with E-state index in [1.54, 1.807) is 6.92 Å². The van der Waals surface area contributed by atoms with Crippen LogP contribution < -0.4 is 0 Å². The van der Waals surface area contributed by atoms with Gasteiger partial charge in [-0.05, 0) is 38.0 Å². The molecule has 1 aliphatic rings. The molecule has 1 atom stereocenters. The molecule has 0 radical (unpaired) electrons. The van der Waals surface area contributed by atoms with Crippen molar-refractivity contribution in [1.82, 2.24) is 4.90 Å². The molecule has 1 aromatic rings. The highest BCUT2D eigenvalue weighted by Gasteiger charge is 2.39. The second-order valence-corrected chi connectivity index (χ2v) is 5.73. The summed E-state index contributed by atoms with van der Waals surface area (Å²) in [6.07, 6.45) is 1.14. The van der Waals surface area contributed by atoms with Gasteiger partial charge in [-0.15, -0.1) is 0 Å². The lowest BCUT2D eigenvalue weighted by atomic mass is 9.82. The van der Waals surface area contributed by atoms with Crippen molar-refractivity contribution >= 4 is 23.5 Å². The van der Waals surface area contributed by atoms with Crippen LogP contribution in [0.5, 0.6) is 0 Å². The molecule has 1 aromatic carbocycles. The average molecular weight is 300 g/mol. The Morgan fingerprint density at radius 3 is 2.75 bits per heavy atom. The van der Waals surface area contributed by atoms with Crippen molar-refractivity contribution in [3.63, 3.8) is 0 Å². The Labute approximate surface area is 121 Å². The summed E-state index contributed by atoms with van der Waals surface area (Å²) in [5.74, 6) is -1.94. The maximum atomic E-state index is 13.4. The predicted octanol–water partition coefficient (Wildman–Crippen LogP) is 2.81. The standard InChI is InChI=1S/C14H15ClFNO3/c1-14(13(19)20)5-2-6-17(8-14)12(18)9-3-4-10(15)11(16)7-9/h3-4,7H,2,5-6,8H2,1H3,(H,19,20). The normalized spacial score (nSPS) is 22.6. The summed E-state index contributed by atoms with van der Waals surface area (Å²) < 4.78 is 13.4. The fourth-order valence-corrected chi connectivity index (χ4v) is 2.52. The summed E-state index contributed by atoms with van der Waals surface area (Å²) in [6.45, 7) is 2.23. The van der Waals surface area contributed by atoms with E-state index in [0.29, 0.717) is 19.4 Å². The van der Waals surface area contributed by atoms with Gasteiger partial charge in [-0.1, -0.05) is 11.6 Å². The molecule has 1 aliphatic heterocycles.